The van der Waals surface area contributed by atoms with E-state index in [1.165, 1.54) is 0 Å². The third-order valence-electron chi connectivity index (χ3n) is 4.06. The first-order chi connectivity index (χ1) is 8.56. The van der Waals surface area contributed by atoms with Crippen LogP contribution in [0.3, 0.4) is 0 Å². The zero-order valence-corrected chi connectivity index (χ0v) is 12.5. The number of thioether (sulfide) groups is 1. The van der Waals surface area contributed by atoms with Gasteiger partial charge in [0.25, 0.3) is 0 Å². The van der Waals surface area contributed by atoms with Crippen LogP contribution in [0.25, 0.3) is 0 Å². The van der Waals surface area contributed by atoms with Crippen molar-refractivity contribution >= 4 is 21.6 Å². The normalized spacial score (nSPS) is 35.6. The highest BCUT2D eigenvalue weighted by Gasteiger charge is 2.39. The molecule has 1 saturated carbocycles. The summed E-state index contributed by atoms with van der Waals surface area (Å²) in [7, 11) is -3.05. The van der Waals surface area contributed by atoms with Gasteiger partial charge in [0, 0.05) is 29.8 Å². The maximum absolute atomic E-state index is 12.2. The van der Waals surface area contributed by atoms with Gasteiger partial charge >= 0.3 is 0 Å². The van der Waals surface area contributed by atoms with Crippen molar-refractivity contribution in [3.05, 3.63) is 0 Å². The van der Waals surface area contributed by atoms with Crippen molar-refractivity contribution in [2.45, 2.75) is 50.1 Å². The van der Waals surface area contributed by atoms with Crippen LogP contribution < -0.4 is 0 Å². The Morgan fingerprint density at radius 1 is 1.33 bits per heavy atom. The van der Waals surface area contributed by atoms with Crippen LogP contribution in [-0.4, -0.2) is 59.7 Å². The van der Waals surface area contributed by atoms with Gasteiger partial charge in [-0.05, 0) is 12.8 Å². The molecule has 4 nitrogen and oxygen atoms in total. The topological polar surface area (TPSA) is 57.6 Å². The van der Waals surface area contributed by atoms with E-state index < -0.39 is 9.84 Å². The molecular weight excluding hydrogens is 270 g/mol. The fourth-order valence-electron chi connectivity index (χ4n) is 2.95. The van der Waals surface area contributed by atoms with Gasteiger partial charge in [0.2, 0.25) is 0 Å². The lowest BCUT2D eigenvalue weighted by Crippen LogP contribution is -2.56. The van der Waals surface area contributed by atoms with E-state index in [-0.39, 0.29) is 23.3 Å². The second kappa shape index (κ2) is 6.11. The zero-order chi connectivity index (χ0) is 13.2. The highest BCUT2D eigenvalue weighted by Crippen LogP contribution is 2.30. The molecule has 2 aliphatic rings. The average molecular weight is 293 g/mol. The Kier molecular flexibility index (Phi) is 4.97. The van der Waals surface area contributed by atoms with Crippen molar-refractivity contribution in [2.24, 2.45) is 0 Å². The Bertz CT molecular complexity index is 372. The number of hydrogen-bond acceptors (Lipinski definition) is 5. The number of hydrogen-bond donors (Lipinski definition) is 1. The minimum absolute atomic E-state index is 0.0472. The van der Waals surface area contributed by atoms with Crippen molar-refractivity contribution in [1.29, 1.82) is 0 Å². The summed E-state index contributed by atoms with van der Waals surface area (Å²) in [5.41, 5.74) is 0. The Hall–Kier alpha value is 0.220. The molecule has 1 saturated heterocycles. The van der Waals surface area contributed by atoms with E-state index in [1.54, 1.807) is 18.7 Å². The SMILES string of the molecule is CCS(=O)(=O)C1CSCCN1[C@H]1CCCC[C@@H]1O. The molecule has 18 heavy (non-hydrogen) atoms. The molecule has 3 atom stereocenters. The van der Waals surface area contributed by atoms with Crippen molar-refractivity contribution in [3.63, 3.8) is 0 Å². The Balaban J connectivity index is 2.17. The fourth-order valence-corrected chi connectivity index (χ4v) is 6.03. The van der Waals surface area contributed by atoms with E-state index in [2.05, 4.69) is 4.90 Å². The van der Waals surface area contributed by atoms with Gasteiger partial charge in [0.15, 0.2) is 9.84 Å². The van der Waals surface area contributed by atoms with E-state index >= 15 is 0 Å². The van der Waals surface area contributed by atoms with Crippen LogP contribution in [0.2, 0.25) is 0 Å². The lowest BCUT2D eigenvalue weighted by atomic mass is 9.91. The second-order valence-corrected chi connectivity index (χ2v) is 8.74. The molecule has 1 unspecified atom stereocenters. The monoisotopic (exact) mass is 293 g/mol. The number of sulfone groups is 1. The van der Waals surface area contributed by atoms with Crippen molar-refractivity contribution in [1.82, 2.24) is 4.90 Å². The van der Waals surface area contributed by atoms with Gasteiger partial charge in [-0.2, -0.15) is 11.8 Å². The summed E-state index contributed by atoms with van der Waals surface area (Å²) in [6, 6.07) is 0.0472. The number of rotatable bonds is 3. The summed E-state index contributed by atoms with van der Waals surface area (Å²) in [4.78, 5) is 2.07. The summed E-state index contributed by atoms with van der Waals surface area (Å²) in [6.45, 7) is 2.50. The van der Waals surface area contributed by atoms with E-state index in [4.69, 9.17) is 0 Å². The van der Waals surface area contributed by atoms with Crippen LogP contribution in [0, 0.1) is 0 Å². The average Bonchev–Trinajstić information content (AvgIpc) is 2.39. The maximum Gasteiger partial charge on any atom is 0.166 e. The Labute approximate surface area is 114 Å². The molecule has 1 N–H and O–H groups in total. The molecule has 1 heterocycles. The van der Waals surface area contributed by atoms with E-state index in [1.807, 2.05) is 0 Å². The quantitative estimate of drug-likeness (QED) is 0.844. The van der Waals surface area contributed by atoms with Crippen LogP contribution in [0.15, 0.2) is 0 Å². The molecule has 0 aromatic rings. The molecule has 106 valence electrons. The van der Waals surface area contributed by atoms with Crippen molar-refractivity contribution < 1.29 is 13.5 Å². The third kappa shape index (κ3) is 3.03. The lowest BCUT2D eigenvalue weighted by molar-refractivity contribution is 0.0177. The Morgan fingerprint density at radius 2 is 2.06 bits per heavy atom. The van der Waals surface area contributed by atoms with Crippen molar-refractivity contribution in [3.8, 4) is 0 Å². The first-order valence-corrected chi connectivity index (χ1v) is 9.66. The minimum atomic E-state index is -3.05. The van der Waals surface area contributed by atoms with Gasteiger partial charge in [0.05, 0.1) is 6.10 Å². The number of nitrogens with zero attached hydrogens (tertiary/aromatic N) is 1. The first-order valence-electron chi connectivity index (χ1n) is 6.79. The van der Waals surface area contributed by atoms with Crippen LogP contribution in [0.4, 0.5) is 0 Å². The zero-order valence-electron chi connectivity index (χ0n) is 10.9. The van der Waals surface area contributed by atoms with Crippen LogP contribution in [0.1, 0.15) is 32.6 Å². The standard InChI is InChI=1S/C12H23NO3S2/c1-2-18(15,16)12-9-17-8-7-13(12)10-5-3-4-6-11(10)14/h10-12,14H,2-9H2,1H3/t10-,11-,12?/m0/s1. The molecular formula is C12H23NO3S2. The Morgan fingerprint density at radius 3 is 2.72 bits per heavy atom. The molecule has 1 aliphatic heterocycles. The third-order valence-corrected chi connectivity index (χ3v) is 7.37. The summed E-state index contributed by atoms with van der Waals surface area (Å²) in [5.74, 6) is 1.82. The predicted octanol–water partition coefficient (Wildman–Crippen LogP) is 1.10. The largest absolute Gasteiger partial charge is 0.391 e. The molecule has 0 radical (unpaired) electrons. The molecule has 0 bridgehead atoms. The van der Waals surface area contributed by atoms with Crippen LogP contribution in [-0.2, 0) is 9.84 Å². The summed E-state index contributed by atoms with van der Waals surface area (Å²) >= 11 is 1.71. The molecule has 1 aliphatic carbocycles. The molecule has 0 aromatic carbocycles. The van der Waals surface area contributed by atoms with Gasteiger partial charge in [-0.3, -0.25) is 4.90 Å². The lowest BCUT2D eigenvalue weighted by Gasteiger charge is -2.43. The predicted molar refractivity (Wildman–Crippen MR) is 75.5 cm³/mol. The van der Waals surface area contributed by atoms with Gasteiger partial charge in [-0.25, -0.2) is 8.42 Å². The summed E-state index contributed by atoms with van der Waals surface area (Å²) in [6.07, 6.45) is 3.56. The maximum atomic E-state index is 12.2. The van der Waals surface area contributed by atoms with Crippen molar-refractivity contribution in [2.75, 3.05) is 23.8 Å². The molecule has 6 heteroatoms. The molecule has 0 aromatic heterocycles. The van der Waals surface area contributed by atoms with E-state index in [9.17, 15) is 13.5 Å². The highest BCUT2D eigenvalue weighted by molar-refractivity contribution is 8.01. The van der Waals surface area contributed by atoms with Crippen LogP contribution in [0.5, 0.6) is 0 Å². The van der Waals surface area contributed by atoms with Gasteiger partial charge in [0.1, 0.15) is 5.37 Å². The number of aliphatic hydroxyl groups excluding tert-OH is 1. The van der Waals surface area contributed by atoms with E-state index in [0.29, 0.717) is 5.75 Å². The second-order valence-electron chi connectivity index (χ2n) is 5.14. The molecule has 0 amide bonds. The minimum Gasteiger partial charge on any atom is -0.391 e. The van der Waals surface area contributed by atoms with Gasteiger partial charge < -0.3 is 5.11 Å². The first kappa shape index (κ1) is 14.6. The van der Waals surface area contributed by atoms with E-state index in [0.717, 1.165) is 38.0 Å². The smallest absolute Gasteiger partial charge is 0.166 e. The molecule has 0 spiro atoms. The van der Waals surface area contributed by atoms with Gasteiger partial charge in [-0.1, -0.05) is 19.8 Å². The van der Waals surface area contributed by atoms with Gasteiger partial charge in [-0.15, -0.1) is 0 Å². The van der Waals surface area contributed by atoms with Crippen LogP contribution >= 0.6 is 11.8 Å². The number of aliphatic hydroxyl groups is 1. The molecule has 2 fully saturated rings. The fraction of sp³-hybridized carbons (Fsp3) is 1.00. The summed E-state index contributed by atoms with van der Waals surface area (Å²) < 4.78 is 24.4. The molecule has 2 rings (SSSR count). The highest BCUT2D eigenvalue weighted by atomic mass is 32.2. The summed E-state index contributed by atoms with van der Waals surface area (Å²) in [5, 5.41) is 9.74.